The monoisotopic (exact) mass is 441 g/mol. The summed E-state index contributed by atoms with van der Waals surface area (Å²) in [6.07, 6.45) is 3.86. The highest BCUT2D eigenvalue weighted by molar-refractivity contribution is 6.10. The van der Waals surface area contributed by atoms with Crippen LogP contribution in [0.3, 0.4) is 0 Å². The van der Waals surface area contributed by atoms with Crippen LogP contribution in [-0.4, -0.2) is 23.6 Å². The number of carbonyl (C=O) groups excluding carboxylic acids is 2. The van der Waals surface area contributed by atoms with Gasteiger partial charge in [-0.1, -0.05) is 30.3 Å². The van der Waals surface area contributed by atoms with Crippen LogP contribution in [0, 0.1) is 0 Å². The van der Waals surface area contributed by atoms with E-state index in [1.54, 1.807) is 42.5 Å². The number of aromatic amines is 1. The predicted octanol–water partition coefficient (Wildman–Crippen LogP) is 5.11. The lowest BCUT2D eigenvalue weighted by atomic mass is 10.1. The normalized spacial score (nSPS) is 12.0. The van der Waals surface area contributed by atoms with E-state index in [2.05, 4.69) is 21.7 Å². The number of aromatic nitrogens is 1. The number of para-hydroxylation sites is 2. The number of ether oxygens (including phenoxy) is 2. The Labute approximate surface area is 190 Å². The molecule has 3 N–H and O–H groups in total. The van der Waals surface area contributed by atoms with Gasteiger partial charge in [-0.2, -0.15) is 0 Å². The number of carbonyl (C=O) groups is 2. The van der Waals surface area contributed by atoms with Crippen LogP contribution >= 0.6 is 0 Å². The number of benzene rings is 3. The Morgan fingerprint density at radius 1 is 0.909 bits per heavy atom. The summed E-state index contributed by atoms with van der Waals surface area (Å²) in [5, 5.41) is 6.92. The molecule has 0 saturated carbocycles. The number of hydrogen-bond donors (Lipinski definition) is 3. The maximum absolute atomic E-state index is 12.9. The molecule has 2 amide bonds. The average Bonchev–Trinajstić information content (AvgIpc) is 3.46. The van der Waals surface area contributed by atoms with E-state index < -0.39 is 0 Å². The van der Waals surface area contributed by atoms with Crippen LogP contribution in [0.25, 0.3) is 10.9 Å². The number of hydrogen-bond acceptors (Lipinski definition) is 4. The van der Waals surface area contributed by atoms with E-state index in [0.29, 0.717) is 41.3 Å². The number of amides is 2. The van der Waals surface area contributed by atoms with Gasteiger partial charge in [0.2, 0.25) is 12.7 Å². The predicted molar refractivity (Wildman–Crippen MR) is 127 cm³/mol. The molecule has 0 atom stereocenters. The van der Waals surface area contributed by atoms with E-state index in [-0.39, 0.29) is 18.6 Å². The molecule has 4 aromatic rings. The van der Waals surface area contributed by atoms with Crippen molar-refractivity contribution in [3.05, 3.63) is 84.1 Å². The van der Waals surface area contributed by atoms with Crippen molar-refractivity contribution in [1.82, 2.24) is 4.98 Å². The number of nitrogens with one attached hydrogen (secondary N) is 3. The topological polar surface area (TPSA) is 92.5 Å². The Balaban J connectivity index is 1.20. The van der Waals surface area contributed by atoms with Crippen molar-refractivity contribution >= 4 is 34.1 Å². The van der Waals surface area contributed by atoms with Crippen molar-refractivity contribution in [2.75, 3.05) is 17.4 Å². The lowest BCUT2D eigenvalue weighted by Gasteiger charge is -2.12. The maximum atomic E-state index is 12.9. The Bertz CT molecular complexity index is 1330. The quantitative estimate of drug-likeness (QED) is 0.372. The van der Waals surface area contributed by atoms with Crippen LogP contribution in [0.15, 0.2) is 72.9 Å². The fourth-order valence-electron chi connectivity index (χ4n) is 3.95. The van der Waals surface area contributed by atoms with E-state index in [1.807, 2.05) is 24.4 Å². The Morgan fingerprint density at radius 3 is 2.67 bits per heavy atom. The summed E-state index contributed by atoms with van der Waals surface area (Å²) < 4.78 is 10.7. The lowest BCUT2D eigenvalue weighted by molar-refractivity contribution is -0.116. The molecule has 3 aromatic carbocycles. The molecular formula is C26H23N3O4. The molecule has 0 spiro atoms. The minimum atomic E-state index is -0.316. The molecule has 7 nitrogen and oxygen atoms in total. The summed E-state index contributed by atoms with van der Waals surface area (Å²) in [5.41, 5.74) is 3.75. The smallest absolute Gasteiger partial charge is 0.257 e. The molecule has 0 saturated heterocycles. The largest absolute Gasteiger partial charge is 0.454 e. The second kappa shape index (κ2) is 9.08. The zero-order valence-corrected chi connectivity index (χ0v) is 17.9. The second-order valence-corrected chi connectivity index (χ2v) is 7.83. The van der Waals surface area contributed by atoms with Gasteiger partial charge >= 0.3 is 0 Å². The van der Waals surface area contributed by atoms with Crippen molar-refractivity contribution in [3.63, 3.8) is 0 Å². The summed E-state index contributed by atoms with van der Waals surface area (Å²) in [4.78, 5) is 28.7. The maximum Gasteiger partial charge on any atom is 0.257 e. The highest BCUT2D eigenvalue weighted by Crippen LogP contribution is 2.34. The summed E-state index contributed by atoms with van der Waals surface area (Å²) in [5.74, 6) is 0.791. The van der Waals surface area contributed by atoms with Crippen molar-refractivity contribution in [1.29, 1.82) is 0 Å². The Morgan fingerprint density at radius 2 is 1.73 bits per heavy atom. The van der Waals surface area contributed by atoms with Gasteiger partial charge < -0.3 is 25.1 Å². The van der Waals surface area contributed by atoms with Crippen molar-refractivity contribution in [2.45, 2.75) is 19.3 Å². The van der Waals surface area contributed by atoms with E-state index in [0.717, 1.165) is 11.9 Å². The molecule has 1 aromatic heterocycles. The first kappa shape index (κ1) is 20.6. The molecule has 0 aliphatic carbocycles. The third-order valence-corrected chi connectivity index (χ3v) is 5.60. The zero-order valence-electron chi connectivity index (χ0n) is 17.9. The molecule has 2 heterocycles. The Kier molecular flexibility index (Phi) is 5.68. The minimum Gasteiger partial charge on any atom is -0.454 e. The van der Waals surface area contributed by atoms with Gasteiger partial charge in [-0.25, -0.2) is 0 Å². The molecule has 0 radical (unpaired) electrons. The van der Waals surface area contributed by atoms with Crippen LogP contribution in [0.2, 0.25) is 0 Å². The highest BCUT2D eigenvalue weighted by atomic mass is 16.7. The first-order chi connectivity index (χ1) is 16.2. The second-order valence-electron chi connectivity index (χ2n) is 7.83. The van der Waals surface area contributed by atoms with E-state index in [9.17, 15) is 9.59 Å². The first-order valence-corrected chi connectivity index (χ1v) is 10.8. The van der Waals surface area contributed by atoms with Crippen LogP contribution < -0.4 is 20.1 Å². The molecular weight excluding hydrogens is 418 g/mol. The standard InChI is InChI=1S/C26H23N3O4/c30-25(11-5-6-17-15-27-21-9-3-1-7-19(17)21)29-22-10-4-2-8-20(22)26(31)28-18-12-13-23-24(14-18)33-16-32-23/h1-4,7-10,12-15,27H,5-6,11,16H2,(H,28,31)(H,29,30). The fourth-order valence-corrected chi connectivity index (χ4v) is 3.95. The third-order valence-electron chi connectivity index (χ3n) is 5.60. The van der Waals surface area contributed by atoms with Crippen molar-refractivity contribution < 1.29 is 19.1 Å². The van der Waals surface area contributed by atoms with Gasteiger partial charge in [-0.3, -0.25) is 9.59 Å². The lowest BCUT2D eigenvalue weighted by Crippen LogP contribution is -2.18. The summed E-state index contributed by atoms with van der Waals surface area (Å²) >= 11 is 0. The summed E-state index contributed by atoms with van der Waals surface area (Å²) in [6.45, 7) is 0.169. The number of fused-ring (bicyclic) bond motifs is 2. The van der Waals surface area contributed by atoms with Crippen LogP contribution in [0.4, 0.5) is 11.4 Å². The van der Waals surface area contributed by atoms with Gasteiger partial charge in [0, 0.05) is 35.3 Å². The van der Waals surface area contributed by atoms with Crippen LogP contribution in [0.5, 0.6) is 11.5 Å². The molecule has 166 valence electrons. The SMILES string of the molecule is O=C(CCCc1c[nH]c2ccccc12)Nc1ccccc1C(=O)Nc1ccc2c(c1)OCO2. The molecule has 0 unspecified atom stereocenters. The number of anilines is 2. The minimum absolute atomic E-state index is 0.127. The third kappa shape index (κ3) is 4.52. The summed E-state index contributed by atoms with van der Waals surface area (Å²) in [6, 6.07) is 20.3. The van der Waals surface area contributed by atoms with Gasteiger partial charge in [0.25, 0.3) is 5.91 Å². The highest BCUT2D eigenvalue weighted by Gasteiger charge is 2.17. The molecule has 33 heavy (non-hydrogen) atoms. The average molecular weight is 441 g/mol. The molecule has 7 heteroatoms. The number of aryl methyl sites for hydroxylation is 1. The molecule has 0 bridgehead atoms. The van der Waals surface area contributed by atoms with Crippen LogP contribution in [0.1, 0.15) is 28.8 Å². The fraction of sp³-hybridized carbons (Fsp3) is 0.154. The van der Waals surface area contributed by atoms with E-state index >= 15 is 0 Å². The molecule has 5 rings (SSSR count). The first-order valence-electron chi connectivity index (χ1n) is 10.8. The van der Waals surface area contributed by atoms with Crippen molar-refractivity contribution in [2.24, 2.45) is 0 Å². The van der Waals surface area contributed by atoms with E-state index in [1.165, 1.54) is 10.9 Å². The molecule has 1 aliphatic heterocycles. The van der Waals surface area contributed by atoms with Crippen LogP contribution in [-0.2, 0) is 11.2 Å². The molecule has 0 fully saturated rings. The van der Waals surface area contributed by atoms with Gasteiger partial charge in [0.05, 0.1) is 11.3 Å². The number of rotatable bonds is 7. The number of H-pyrrole nitrogens is 1. The summed E-state index contributed by atoms with van der Waals surface area (Å²) in [7, 11) is 0. The van der Waals surface area contributed by atoms with Gasteiger partial charge in [-0.05, 0) is 48.7 Å². The van der Waals surface area contributed by atoms with Gasteiger partial charge in [0.1, 0.15) is 0 Å². The van der Waals surface area contributed by atoms with Crippen molar-refractivity contribution in [3.8, 4) is 11.5 Å². The van der Waals surface area contributed by atoms with Gasteiger partial charge in [0.15, 0.2) is 11.5 Å². The Hall–Kier alpha value is -4.26. The van der Waals surface area contributed by atoms with Gasteiger partial charge in [-0.15, -0.1) is 0 Å². The van der Waals surface area contributed by atoms with E-state index in [4.69, 9.17) is 9.47 Å². The molecule has 1 aliphatic rings. The zero-order chi connectivity index (χ0) is 22.6.